The Morgan fingerprint density at radius 2 is 1.82 bits per heavy atom. The fraction of sp³-hybridized carbons (Fsp3) is 0.0769. The quantitative estimate of drug-likeness (QED) is 0.291. The third-order valence-corrected chi connectivity index (χ3v) is 5.92. The highest BCUT2D eigenvalue weighted by molar-refractivity contribution is 9.10. The molecule has 2 heterocycles. The Labute approximate surface area is 205 Å². The number of halogens is 1. The van der Waals surface area contributed by atoms with Crippen LogP contribution in [0.3, 0.4) is 0 Å². The molecule has 168 valence electrons. The number of nitrogens with one attached hydrogen (secondary N) is 2. The summed E-state index contributed by atoms with van der Waals surface area (Å²) in [5.74, 6) is 1.05. The van der Waals surface area contributed by atoms with Crippen LogP contribution in [0.25, 0.3) is 16.9 Å². The van der Waals surface area contributed by atoms with Gasteiger partial charge in [0.1, 0.15) is 12.1 Å². The van der Waals surface area contributed by atoms with E-state index in [0.29, 0.717) is 23.0 Å². The zero-order valence-corrected chi connectivity index (χ0v) is 19.9. The van der Waals surface area contributed by atoms with Crippen molar-refractivity contribution in [3.8, 4) is 5.82 Å². The molecule has 0 aliphatic rings. The van der Waals surface area contributed by atoms with Crippen LogP contribution in [0.5, 0.6) is 0 Å². The first kappa shape index (κ1) is 21.8. The lowest BCUT2D eigenvalue weighted by Gasteiger charge is -2.14. The van der Waals surface area contributed by atoms with Crippen molar-refractivity contribution in [3.05, 3.63) is 107 Å². The maximum absolute atomic E-state index is 12.6. The van der Waals surface area contributed by atoms with E-state index >= 15 is 0 Å². The number of aromatic nitrogens is 4. The Kier molecular flexibility index (Phi) is 6.05. The number of imidazole rings is 1. The molecule has 0 fully saturated rings. The van der Waals surface area contributed by atoms with Gasteiger partial charge >= 0.3 is 0 Å². The normalized spacial score (nSPS) is 11.8. The van der Waals surface area contributed by atoms with Gasteiger partial charge in [0.05, 0.1) is 17.1 Å². The number of carbonyl (C=O) groups is 1. The van der Waals surface area contributed by atoms with E-state index in [-0.39, 0.29) is 11.9 Å². The molecule has 5 aromatic rings. The van der Waals surface area contributed by atoms with Crippen molar-refractivity contribution in [3.63, 3.8) is 0 Å². The molecule has 34 heavy (non-hydrogen) atoms. The molecule has 0 radical (unpaired) electrons. The summed E-state index contributed by atoms with van der Waals surface area (Å²) in [4.78, 5) is 26.1. The molecule has 0 spiro atoms. The van der Waals surface area contributed by atoms with Crippen molar-refractivity contribution in [2.45, 2.75) is 13.0 Å². The molecule has 1 amide bonds. The lowest BCUT2D eigenvalue weighted by molar-refractivity contribution is 0.102. The van der Waals surface area contributed by atoms with E-state index in [1.54, 1.807) is 24.7 Å². The van der Waals surface area contributed by atoms with Gasteiger partial charge in [-0.2, -0.15) is 4.98 Å². The van der Waals surface area contributed by atoms with Gasteiger partial charge in [0.25, 0.3) is 5.91 Å². The van der Waals surface area contributed by atoms with Gasteiger partial charge in [-0.1, -0.05) is 52.3 Å². The summed E-state index contributed by atoms with van der Waals surface area (Å²) in [6.07, 6.45) is 3.44. The third-order valence-electron chi connectivity index (χ3n) is 5.42. The fourth-order valence-electron chi connectivity index (χ4n) is 3.68. The Hall–Kier alpha value is -4.04. The molecule has 0 aliphatic heterocycles. The Bertz CT molecular complexity index is 1470. The highest BCUT2D eigenvalue weighted by atomic mass is 79.9. The number of carbonyl (C=O) groups excluding carboxylic acids is 1. The lowest BCUT2D eigenvalue weighted by Crippen LogP contribution is -2.11. The smallest absolute Gasteiger partial charge is 0.255 e. The minimum atomic E-state index is -0.181. The number of benzene rings is 3. The van der Waals surface area contributed by atoms with Gasteiger partial charge in [-0.3, -0.25) is 9.36 Å². The van der Waals surface area contributed by atoms with Crippen LogP contribution in [-0.2, 0) is 0 Å². The summed E-state index contributed by atoms with van der Waals surface area (Å²) < 4.78 is 2.75. The van der Waals surface area contributed by atoms with Crippen LogP contribution >= 0.6 is 15.9 Å². The molecule has 7 nitrogen and oxygen atoms in total. The predicted octanol–water partition coefficient (Wildman–Crippen LogP) is 6.00. The highest BCUT2D eigenvalue weighted by Gasteiger charge is 2.12. The number of anilines is 2. The van der Waals surface area contributed by atoms with Crippen LogP contribution in [0.15, 0.2) is 95.9 Å². The second-order valence-corrected chi connectivity index (χ2v) is 8.71. The first-order valence-corrected chi connectivity index (χ1v) is 11.5. The van der Waals surface area contributed by atoms with E-state index in [0.717, 1.165) is 21.1 Å². The van der Waals surface area contributed by atoms with Gasteiger partial charge in [-0.05, 0) is 55.0 Å². The molecular formula is C26H21BrN6O. The summed E-state index contributed by atoms with van der Waals surface area (Å²) in [7, 11) is 0. The summed E-state index contributed by atoms with van der Waals surface area (Å²) in [6.45, 7) is 2.07. The number of hydrogen-bond donors (Lipinski definition) is 2. The van der Waals surface area contributed by atoms with Gasteiger partial charge in [-0.25, -0.2) is 9.97 Å². The Morgan fingerprint density at radius 3 is 2.65 bits per heavy atom. The van der Waals surface area contributed by atoms with Crippen LogP contribution in [0, 0.1) is 0 Å². The number of hydrogen-bond acceptors (Lipinski definition) is 5. The van der Waals surface area contributed by atoms with Crippen molar-refractivity contribution in [1.29, 1.82) is 0 Å². The second kappa shape index (κ2) is 9.44. The molecule has 2 N–H and O–H groups in total. The summed E-state index contributed by atoms with van der Waals surface area (Å²) >= 11 is 3.40. The minimum Gasteiger partial charge on any atom is -0.348 e. The van der Waals surface area contributed by atoms with Crippen LogP contribution in [0.1, 0.15) is 28.9 Å². The number of fused-ring (bicyclic) bond motifs is 1. The summed E-state index contributed by atoms with van der Waals surface area (Å²) in [5.41, 5.74) is 4.02. The van der Waals surface area contributed by atoms with E-state index in [1.807, 2.05) is 59.2 Å². The predicted molar refractivity (Wildman–Crippen MR) is 137 cm³/mol. The maximum atomic E-state index is 12.6. The average molecular weight is 513 g/mol. The van der Waals surface area contributed by atoms with Crippen molar-refractivity contribution >= 4 is 44.5 Å². The molecule has 2 aromatic heterocycles. The van der Waals surface area contributed by atoms with Crippen LogP contribution in [0.4, 0.5) is 11.6 Å². The fourth-order valence-corrected chi connectivity index (χ4v) is 4.08. The molecular weight excluding hydrogens is 492 g/mol. The largest absolute Gasteiger partial charge is 0.348 e. The molecule has 0 bridgehead atoms. The SMILES string of the molecule is C[C@H](Nc1nccc(-n2cnc3cc(NC(=O)c4cccc(Br)c4)ccc32)n1)c1ccccc1. The topological polar surface area (TPSA) is 84.7 Å². The van der Waals surface area contributed by atoms with E-state index in [2.05, 4.69) is 60.6 Å². The van der Waals surface area contributed by atoms with Gasteiger partial charge in [0.15, 0.2) is 0 Å². The van der Waals surface area contributed by atoms with Crippen molar-refractivity contribution in [2.24, 2.45) is 0 Å². The van der Waals surface area contributed by atoms with Crippen LogP contribution < -0.4 is 10.6 Å². The zero-order chi connectivity index (χ0) is 23.5. The van der Waals surface area contributed by atoms with Crippen molar-refractivity contribution in [2.75, 3.05) is 10.6 Å². The van der Waals surface area contributed by atoms with Gasteiger partial charge in [0, 0.05) is 21.9 Å². The number of nitrogens with zero attached hydrogens (tertiary/aromatic N) is 4. The Morgan fingerprint density at radius 1 is 0.971 bits per heavy atom. The molecule has 0 saturated heterocycles. The molecule has 0 unspecified atom stereocenters. The molecule has 0 saturated carbocycles. The second-order valence-electron chi connectivity index (χ2n) is 7.80. The highest BCUT2D eigenvalue weighted by Crippen LogP contribution is 2.23. The van der Waals surface area contributed by atoms with E-state index in [9.17, 15) is 4.79 Å². The molecule has 0 aliphatic carbocycles. The van der Waals surface area contributed by atoms with Gasteiger partial charge in [0.2, 0.25) is 5.95 Å². The number of rotatable bonds is 6. The van der Waals surface area contributed by atoms with E-state index < -0.39 is 0 Å². The lowest BCUT2D eigenvalue weighted by atomic mass is 10.1. The molecule has 1 atom stereocenters. The zero-order valence-electron chi connectivity index (χ0n) is 18.3. The first-order valence-electron chi connectivity index (χ1n) is 10.8. The monoisotopic (exact) mass is 512 g/mol. The summed E-state index contributed by atoms with van der Waals surface area (Å²) in [5, 5.41) is 6.28. The molecule has 5 rings (SSSR count). The van der Waals surface area contributed by atoms with Gasteiger partial charge in [-0.15, -0.1) is 0 Å². The maximum Gasteiger partial charge on any atom is 0.255 e. The van der Waals surface area contributed by atoms with Crippen LogP contribution in [0.2, 0.25) is 0 Å². The molecule has 8 heteroatoms. The van der Waals surface area contributed by atoms with Gasteiger partial charge < -0.3 is 10.6 Å². The van der Waals surface area contributed by atoms with Crippen molar-refractivity contribution in [1.82, 2.24) is 19.5 Å². The van der Waals surface area contributed by atoms with Crippen LogP contribution in [-0.4, -0.2) is 25.4 Å². The Balaban J connectivity index is 1.36. The van der Waals surface area contributed by atoms with E-state index in [4.69, 9.17) is 0 Å². The minimum absolute atomic E-state index is 0.0624. The number of amides is 1. The van der Waals surface area contributed by atoms with Crippen molar-refractivity contribution < 1.29 is 4.79 Å². The standard InChI is InChI=1S/C26H21BrN6O/c1-17(18-6-3-2-4-7-18)30-26-28-13-12-24(32-26)33-16-29-22-15-21(10-11-23(22)33)31-25(34)19-8-5-9-20(27)14-19/h2-17H,1H3,(H,31,34)(H,28,30,32)/t17-/m0/s1. The third kappa shape index (κ3) is 4.67. The molecule has 3 aromatic carbocycles. The summed E-state index contributed by atoms with van der Waals surface area (Å²) in [6, 6.07) is 24.9. The first-order chi connectivity index (χ1) is 16.6. The average Bonchev–Trinajstić information content (AvgIpc) is 3.28. The van der Waals surface area contributed by atoms with E-state index in [1.165, 1.54) is 0 Å².